The van der Waals surface area contributed by atoms with E-state index in [0.717, 1.165) is 21.0 Å². The Morgan fingerprint density at radius 2 is 1.50 bits per heavy atom. The Morgan fingerprint density at radius 1 is 0.906 bits per heavy atom. The smallest absolute Gasteiger partial charge is 0.243 e. The predicted octanol–water partition coefficient (Wildman–Crippen LogP) is 5.75. The molecule has 0 aromatic heterocycles. The van der Waals surface area contributed by atoms with Crippen LogP contribution in [-0.2, 0) is 21.4 Å². The van der Waals surface area contributed by atoms with Gasteiger partial charge in [0.15, 0.2) is 0 Å². The van der Waals surface area contributed by atoms with E-state index in [4.69, 9.17) is 23.2 Å². The number of benzene rings is 3. The van der Waals surface area contributed by atoms with Crippen LogP contribution in [0, 0.1) is 20.8 Å². The maximum absolute atomic E-state index is 13.4. The van der Waals surface area contributed by atoms with E-state index in [9.17, 15) is 13.2 Å². The molecular weight excluding hydrogens is 467 g/mol. The van der Waals surface area contributed by atoms with E-state index < -0.39 is 22.5 Å². The molecule has 1 N–H and O–H groups in total. The van der Waals surface area contributed by atoms with Gasteiger partial charge in [-0.1, -0.05) is 59.1 Å². The van der Waals surface area contributed by atoms with Crippen LogP contribution in [0.3, 0.4) is 0 Å². The van der Waals surface area contributed by atoms with Crippen molar-refractivity contribution in [1.29, 1.82) is 0 Å². The van der Waals surface area contributed by atoms with Crippen molar-refractivity contribution in [2.24, 2.45) is 0 Å². The molecule has 0 unspecified atom stereocenters. The summed E-state index contributed by atoms with van der Waals surface area (Å²) in [4.78, 5) is 13.0. The Bertz CT molecular complexity index is 1220. The van der Waals surface area contributed by atoms with Crippen molar-refractivity contribution in [1.82, 2.24) is 4.31 Å². The molecule has 3 rings (SSSR count). The molecule has 3 aromatic carbocycles. The molecule has 32 heavy (non-hydrogen) atoms. The van der Waals surface area contributed by atoms with Gasteiger partial charge in [-0.3, -0.25) is 4.79 Å². The highest BCUT2D eigenvalue weighted by Gasteiger charge is 2.28. The van der Waals surface area contributed by atoms with Gasteiger partial charge in [-0.2, -0.15) is 4.31 Å². The van der Waals surface area contributed by atoms with Gasteiger partial charge in [0.2, 0.25) is 15.9 Å². The molecule has 0 spiro atoms. The van der Waals surface area contributed by atoms with Gasteiger partial charge in [-0.05, 0) is 62.2 Å². The zero-order valence-corrected chi connectivity index (χ0v) is 20.4. The number of hydrogen-bond donors (Lipinski definition) is 1. The van der Waals surface area contributed by atoms with E-state index in [0.29, 0.717) is 21.3 Å². The molecule has 5 nitrogen and oxygen atoms in total. The average Bonchev–Trinajstić information content (AvgIpc) is 2.73. The number of nitrogens with one attached hydrogen (secondary N) is 1. The average molecular weight is 491 g/mol. The second kappa shape index (κ2) is 10.0. The van der Waals surface area contributed by atoms with Crippen molar-refractivity contribution in [2.75, 3.05) is 11.9 Å². The standard InChI is InChI=1S/C24H24Cl2N2O3S/c1-16-8-11-19(12-9-16)32(30,31)28(14-20-21(25)5-4-6-22(20)26)15-24(29)27-23-13-17(2)7-10-18(23)3/h4-13H,14-15H2,1-3H3,(H,27,29). The molecule has 0 heterocycles. The van der Waals surface area contributed by atoms with Crippen molar-refractivity contribution in [2.45, 2.75) is 32.2 Å². The molecule has 0 bridgehead atoms. The summed E-state index contributed by atoms with van der Waals surface area (Å²) in [6.07, 6.45) is 0. The van der Waals surface area contributed by atoms with Crippen LogP contribution >= 0.6 is 23.2 Å². The quantitative estimate of drug-likeness (QED) is 0.458. The third kappa shape index (κ3) is 5.70. The number of anilines is 1. The predicted molar refractivity (Wildman–Crippen MR) is 130 cm³/mol. The number of sulfonamides is 1. The molecule has 0 fully saturated rings. The second-order valence-corrected chi connectivity index (χ2v) is 10.4. The lowest BCUT2D eigenvalue weighted by molar-refractivity contribution is -0.116. The third-order valence-electron chi connectivity index (χ3n) is 5.04. The van der Waals surface area contributed by atoms with Crippen molar-refractivity contribution in [3.05, 3.63) is 93.0 Å². The van der Waals surface area contributed by atoms with Crippen LogP contribution in [0.15, 0.2) is 65.6 Å². The van der Waals surface area contributed by atoms with Crippen LogP contribution in [0.25, 0.3) is 0 Å². The zero-order chi connectivity index (χ0) is 23.5. The van der Waals surface area contributed by atoms with E-state index in [1.54, 1.807) is 30.3 Å². The summed E-state index contributed by atoms with van der Waals surface area (Å²) in [5.74, 6) is -0.461. The van der Waals surface area contributed by atoms with E-state index in [2.05, 4.69) is 5.32 Å². The van der Waals surface area contributed by atoms with Crippen LogP contribution < -0.4 is 5.32 Å². The van der Waals surface area contributed by atoms with Crippen molar-refractivity contribution in [3.63, 3.8) is 0 Å². The zero-order valence-electron chi connectivity index (χ0n) is 18.0. The van der Waals surface area contributed by atoms with E-state index >= 15 is 0 Å². The first-order valence-electron chi connectivity index (χ1n) is 9.95. The molecule has 168 valence electrons. The maximum atomic E-state index is 13.4. The molecule has 0 aliphatic carbocycles. The first kappa shape index (κ1) is 24.3. The summed E-state index contributed by atoms with van der Waals surface area (Å²) in [5.41, 5.74) is 3.87. The third-order valence-corrected chi connectivity index (χ3v) is 7.56. The van der Waals surface area contributed by atoms with Gasteiger partial charge >= 0.3 is 0 Å². The highest BCUT2D eigenvalue weighted by molar-refractivity contribution is 7.89. The summed E-state index contributed by atoms with van der Waals surface area (Å²) in [7, 11) is -4.00. The molecule has 3 aromatic rings. The fourth-order valence-corrected chi connectivity index (χ4v) is 5.05. The number of hydrogen-bond acceptors (Lipinski definition) is 3. The van der Waals surface area contributed by atoms with Gasteiger partial charge in [0, 0.05) is 27.8 Å². The SMILES string of the molecule is Cc1ccc(S(=O)(=O)N(CC(=O)Nc2cc(C)ccc2C)Cc2c(Cl)cccc2Cl)cc1. The fourth-order valence-electron chi connectivity index (χ4n) is 3.17. The van der Waals surface area contributed by atoms with Crippen LogP contribution in [0.2, 0.25) is 10.0 Å². The topological polar surface area (TPSA) is 66.5 Å². The highest BCUT2D eigenvalue weighted by Crippen LogP contribution is 2.28. The van der Waals surface area contributed by atoms with Gasteiger partial charge < -0.3 is 5.32 Å². The molecule has 0 aliphatic rings. The van der Waals surface area contributed by atoms with Gasteiger partial charge in [0.05, 0.1) is 11.4 Å². The van der Waals surface area contributed by atoms with E-state index in [1.807, 2.05) is 39.0 Å². The Morgan fingerprint density at radius 3 is 2.12 bits per heavy atom. The Hall–Kier alpha value is -2.38. The summed E-state index contributed by atoms with van der Waals surface area (Å²) in [6, 6.07) is 17.1. The molecule has 8 heteroatoms. The number of amides is 1. The fraction of sp³-hybridized carbons (Fsp3) is 0.208. The van der Waals surface area contributed by atoms with Crippen LogP contribution in [-0.4, -0.2) is 25.2 Å². The Balaban J connectivity index is 1.95. The van der Waals surface area contributed by atoms with Crippen LogP contribution in [0.4, 0.5) is 5.69 Å². The Labute approximate surface area is 199 Å². The van der Waals surface area contributed by atoms with Crippen molar-refractivity contribution < 1.29 is 13.2 Å². The molecular formula is C24H24Cl2N2O3S. The molecule has 0 saturated carbocycles. The van der Waals surface area contributed by atoms with Gasteiger partial charge in [-0.15, -0.1) is 0 Å². The normalized spacial score (nSPS) is 11.6. The number of aryl methyl sites for hydroxylation is 3. The monoisotopic (exact) mass is 490 g/mol. The minimum absolute atomic E-state index is 0.0887. The lowest BCUT2D eigenvalue weighted by Gasteiger charge is -2.23. The van der Waals surface area contributed by atoms with E-state index in [1.165, 1.54) is 12.1 Å². The molecule has 0 atom stereocenters. The molecule has 0 aliphatic heterocycles. The van der Waals surface area contributed by atoms with E-state index in [-0.39, 0.29) is 11.4 Å². The highest BCUT2D eigenvalue weighted by atomic mass is 35.5. The van der Waals surface area contributed by atoms with Crippen LogP contribution in [0.5, 0.6) is 0 Å². The Kier molecular flexibility index (Phi) is 7.62. The summed E-state index contributed by atoms with van der Waals surface area (Å²) < 4.78 is 28.0. The first-order chi connectivity index (χ1) is 15.1. The summed E-state index contributed by atoms with van der Waals surface area (Å²) in [5, 5.41) is 3.48. The molecule has 1 amide bonds. The van der Waals surface area contributed by atoms with Crippen molar-refractivity contribution in [3.8, 4) is 0 Å². The van der Waals surface area contributed by atoms with Gasteiger partial charge in [-0.25, -0.2) is 8.42 Å². The summed E-state index contributed by atoms with van der Waals surface area (Å²) >= 11 is 12.6. The molecule has 0 saturated heterocycles. The van der Waals surface area contributed by atoms with Gasteiger partial charge in [0.1, 0.15) is 0 Å². The minimum atomic E-state index is -4.00. The molecule has 0 radical (unpaired) electrons. The number of carbonyl (C=O) groups is 1. The number of nitrogens with zero attached hydrogens (tertiary/aromatic N) is 1. The largest absolute Gasteiger partial charge is 0.325 e. The number of carbonyl (C=O) groups excluding carboxylic acids is 1. The lowest BCUT2D eigenvalue weighted by Crippen LogP contribution is -2.37. The minimum Gasteiger partial charge on any atom is -0.325 e. The second-order valence-electron chi connectivity index (χ2n) is 7.65. The first-order valence-corrected chi connectivity index (χ1v) is 12.1. The van der Waals surface area contributed by atoms with Gasteiger partial charge in [0.25, 0.3) is 0 Å². The van der Waals surface area contributed by atoms with Crippen LogP contribution in [0.1, 0.15) is 22.3 Å². The number of rotatable bonds is 7. The summed E-state index contributed by atoms with van der Waals surface area (Å²) in [6.45, 7) is 5.12. The number of halogens is 2. The maximum Gasteiger partial charge on any atom is 0.243 e. The lowest BCUT2D eigenvalue weighted by atomic mass is 10.1. The van der Waals surface area contributed by atoms with Crippen molar-refractivity contribution >= 4 is 44.8 Å².